The van der Waals surface area contributed by atoms with E-state index in [0.717, 1.165) is 11.3 Å². The number of carbonyl (C=O) groups is 2. The number of allylic oxidation sites excluding steroid dienone is 1. The van der Waals surface area contributed by atoms with E-state index in [-0.39, 0.29) is 17.3 Å². The largest absolute Gasteiger partial charge is 0.497 e. The molecule has 1 heterocycles. The first kappa shape index (κ1) is 21.0. The van der Waals surface area contributed by atoms with Crippen molar-refractivity contribution < 1.29 is 33.3 Å². The number of esters is 1. The fourth-order valence-corrected chi connectivity index (χ4v) is 3.21. The van der Waals surface area contributed by atoms with Gasteiger partial charge in [-0.25, -0.2) is 4.79 Å². The Balaban J connectivity index is 1.52. The lowest BCUT2D eigenvalue weighted by Crippen LogP contribution is -2.09. The third kappa shape index (κ3) is 4.13. The van der Waals surface area contributed by atoms with Gasteiger partial charge in [-0.15, -0.1) is 0 Å². The van der Waals surface area contributed by atoms with Crippen LogP contribution in [0.15, 0.2) is 66.4 Å². The van der Waals surface area contributed by atoms with E-state index < -0.39 is 5.97 Å². The van der Waals surface area contributed by atoms with Crippen molar-refractivity contribution in [3.63, 3.8) is 0 Å². The number of fused-ring (bicyclic) bond motifs is 1. The highest BCUT2D eigenvalue weighted by Crippen LogP contribution is 2.35. The molecule has 7 heteroatoms. The predicted molar refractivity (Wildman–Crippen MR) is 117 cm³/mol. The first-order valence-corrected chi connectivity index (χ1v) is 9.69. The minimum absolute atomic E-state index is 0.188. The predicted octanol–water partition coefficient (Wildman–Crippen LogP) is 4.55. The number of benzene rings is 3. The van der Waals surface area contributed by atoms with Crippen LogP contribution in [0.25, 0.3) is 6.08 Å². The summed E-state index contributed by atoms with van der Waals surface area (Å²) in [6.07, 6.45) is 1.65. The highest BCUT2D eigenvalue weighted by molar-refractivity contribution is 6.14. The molecule has 3 aromatic rings. The molecule has 7 nitrogen and oxygen atoms in total. The molecular weight excluding hydrogens is 412 g/mol. The van der Waals surface area contributed by atoms with Gasteiger partial charge >= 0.3 is 5.97 Å². The second-order valence-corrected chi connectivity index (χ2v) is 6.83. The van der Waals surface area contributed by atoms with Crippen molar-refractivity contribution in [2.45, 2.75) is 0 Å². The number of ether oxygens (including phenoxy) is 5. The third-order valence-electron chi connectivity index (χ3n) is 4.88. The monoisotopic (exact) mass is 432 g/mol. The minimum Gasteiger partial charge on any atom is -0.497 e. The van der Waals surface area contributed by atoms with Crippen LogP contribution in [0, 0.1) is 0 Å². The molecule has 4 rings (SSSR count). The number of hydrogen-bond donors (Lipinski definition) is 0. The zero-order valence-corrected chi connectivity index (χ0v) is 17.7. The molecule has 0 spiro atoms. The topological polar surface area (TPSA) is 80.3 Å². The van der Waals surface area contributed by atoms with Gasteiger partial charge in [-0.05, 0) is 54.1 Å². The number of hydrogen-bond acceptors (Lipinski definition) is 7. The van der Waals surface area contributed by atoms with Crippen LogP contribution in [-0.4, -0.2) is 33.1 Å². The van der Waals surface area contributed by atoms with Gasteiger partial charge in [0, 0.05) is 6.07 Å². The molecule has 32 heavy (non-hydrogen) atoms. The van der Waals surface area contributed by atoms with Crippen LogP contribution in [0.3, 0.4) is 0 Å². The summed E-state index contributed by atoms with van der Waals surface area (Å²) < 4.78 is 26.7. The molecule has 0 bridgehead atoms. The Morgan fingerprint density at radius 3 is 2.22 bits per heavy atom. The van der Waals surface area contributed by atoms with Gasteiger partial charge in [-0.2, -0.15) is 0 Å². The normalized spacial score (nSPS) is 13.3. The smallest absolute Gasteiger partial charge is 0.343 e. The maximum atomic E-state index is 12.7. The van der Waals surface area contributed by atoms with Crippen LogP contribution in [0.5, 0.6) is 28.7 Å². The van der Waals surface area contributed by atoms with Crippen molar-refractivity contribution in [1.82, 2.24) is 0 Å². The molecule has 0 fully saturated rings. The van der Waals surface area contributed by atoms with E-state index in [0.29, 0.717) is 28.4 Å². The fraction of sp³-hybridized carbons (Fsp3) is 0.120. The van der Waals surface area contributed by atoms with Crippen LogP contribution in [0.4, 0.5) is 0 Å². The molecule has 0 amide bonds. The number of methoxy groups -OCH3 is 3. The van der Waals surface area contributed by atoms with E-state index in [1.807, 2.05) is 12.1 Å². The van der Waals surface area contributed by atoms with E-state index in [9.17, 15) is 9.59 Å². The standard InChI is InChI=1S/C25H20O7/c1-28-17-7-4-15(5-8-17)12-23-24(26)19-10-9-18(14-21(19)32-23)31-25(27)16-6-11-20(29-2)22(13-16)30-3/h4-14H,1-3H3/b23-12-. The number of ketones is 1. The fourth-order valence-electron chi connectivity index (χ4n) is 3.21. The molecule has 0 saturated carbocycles. The Morgan fingerprint density at radius 2 is 1.53 bits per heavy atom. The summed E-state index contributed by atoms with van der Waals surface area (Å²) in [6, 6.07) is 16.6. The quantitative estimate of drug-likeness (QED) is 0.321. The molecule has 0 aliphatic carbocycles. The Bertz CT molecular complexity index is 1210. The van der Waals surface area contributed by atoms with Crippen molar-refractivity contribution in [1.29, 1.82) is 0 Å². The zero-order chi connectivity index (χ0) is 22.7. The number of Topliss-reactive ketones (excluding diaryl/α,β-unsaturated/α-hetero) is 1. The lowest BCUT2D eigenvalue weighted by molar-refractivity contribution is 0.0734. The average Bonchev–Trinajstić information content (AvgIpc) is 3.13. The molecule has 0 saturated heterocycles. The molecule has 0 radical (unpaired) electrons. The summed E-state index contributed by atoms with van der Waals surface area (Å²) in [4.78, 5) is 25.2. The summed E-state index contributed by atoms with van der Waals surface area (Å²) in [5.41, 5.74) is 1.48. The summed E-state index contributed by atoms with van der Waals surface area (Å²) in [5, 5.41) is 0. The molecule has 0 atom stereocenters. The summed E-state index contributed by atoms with van der Waals surface area (Å²) >= 11 is 0. The van der Waals surface area contributed by atoms with Gasteiger partial charge in [0.1, 0.15) is 17.2 Å². The molecule has 3 aromatic carbocycles. The first-order valence-electron chi connectivity index (χ1n) is 9.69. The van der Waals surface area contributed by atoms with Crippen LogP contribution < -0.4 is 23.7 Å². The Morgan fingerprint density at radius 1 is 0.812 bits per heavy atom. The van der Waals surface area contributed by atoms with Gasteiger partial charge in [0.15, 0.2) is 17.3 Å². The van der Waals surface area contributed by atoms with E-state index >= 15 is 0 Å². The minimum atomic E-state index is -0.579. The lowest BCUT2D eigenvalue weighted by Gasteiger charge is -2.10. The van der Waals surface area contributed by atoms with Gasteiger partial charge < -0.3 is 23.7 Å². The Kier molecular flexibility index (Phi) is 5.81. The third-order valence-corrected chi connectivity index (χ3v) is 4.88. The van der Waals surface area contributed by atoms with Gasteiger partial charge in [-0.1, -0.05) is 12.1 Å². The molecule has 0 aromatic heterocycles. The molecule has 1 aliphatic rings. The highest BCUT2D eigenvalue weighted by Gasteiger charge is 2.28. The van der Waals surface area contributed by atoms with Crippen molar-refractivity contribution in [3.05, 3.63) is 83.1 Å². The van der Waals surface area contributed by atoms with Gasteiger partial charge in [0.05, 0.1) is 32.5 Å². The van der Waals surface area contributed by atoms with E-state index in [4.69, 9.17) is 23.7 Å². The average molecular weight is 432 g/mol. The van der Waals surface area contributed by atoms with Crippen molar-refractivity contribution in [3.8, 4) is 28.7 Å². The molecule has 162 valence electrons. The zero-order valence-electron chi connectivity index (χ0n) is 17.7. The first-order chi connectivity index (χ1) is 15.5. The second-order valence-electron chi connectivity index (χ2n) is 6.83. The van der Waals surface area contributed by atoms with Gasteiger partial charge in [0.25, 0.3) is 0 Å². The Labute approximate surface area is 184 Å². The summed E-state index contributed by atoms with van der Waals surface area (Å²) in [7, 11) is 4.58. The van der Waals surface area contributed by atoms with E-state index in [2.05, 4.69) is 0 Å². The van der Waals surface area contributed by atoms with Crippen LogP contribution in [-0.2, 0) is 0 Å². The van der Waals surface area contributed by atoms with Crippen LogP contribution in [0.2, 0.25) is 0 Å². The van der Waals surface area contributed by atoms with Crippen molar-refractivity contribution in [2.24, 2.45) is 0 Å². The molecule has 1 aliphatic heterocycles. The molecule has 0 unspecified atom stereocenters. The van der Waals surface area contributed by atoms with E-state index in [1.165, 1.54) is 26.4 Å². The van der Waals surface area contributed by atoms with Crippen LogP contribution in [0.1, 0.15) is 26.3 Å². The number of rotatable bonds is 6. The van der Waals surface area contributed by atoms with E-state index in [1.54, 1.807) is 49.6 Å². The van der Waals surface area contributed by atoms with Gasteiger partial charge in [-0.3, -0.25) is 4.79 Å². The number of carbonyl (C=O) groups excluding carboxylic acids is 2. The SMILES string of the molecule is COc1ccc(/C=C2\Oc3cc(OC(=O)c4ccc(OC)c(OC)c4)ccc3C2=O)cc1. The Hall–Kier alpha value is -4.26. The molecule has 0 N–H and O–H groups in total. The van der Waals surface area contributed by atoms with Crippen molar-refractivity contribution >= 4 is 17.8 Å². The highest BCUT2D eigenvalue weighted by atomic mass is 16.5. The van der Waals surface area contributed by atoms with Crippen molar-refractivity contribution in [2.75, 3.05) is 21.3 Å². The maximum absolute atomic E-state index is 12.7. The van der Waals surface area contributed by atoms with Crippen LogP contribution >= 0.6 is 0 Å². The summed E-state index contributed by atoms with van der Waals surface area (Å²) in [6.45, 7) is 0. The molecular formula is C25H20O7. The summed E-state index contributed by atoms with van der Waals surface area (Å²) in [5.74, 6) is 1.58. The van der Waals surface area contributed by atoms with Gasteiger partial charge in [0.2, 0.25) is 5.78 Å². The second kappa shape index (κ2) is 8.85. The maximum Gasteiger partial charge on any atom is 0.343 e. The lowest BCUT2D eigenvalue weighted by atomic mass is 10.1.